The van der Waals surface area contributed by atoms with Crippen LogP contribution in [-0.2, 0) is 0 Å². The first kappa shape index (κ1) is 15.6. The number of nitrogens with zero attached hydrogens (tertiary/aromatic N) is 3. The summed E-state index contributed by atoms with van der Waals surface area (Å²) in [6.45, 7) is 0. The molecule has 1 unspecified atom stereocenters. The third kappa shape index (κ3) is 2.56. The van der Waals surface area contributed by atoms with E-state index in [0.29, 0.717) is 0 Å². The molecule has 5 nitrogen and oxygen atoms in total. The van der Waals surface area contributed by atoms with E-state index >= 15 is 0 Å². The second-order valence-corrected chi connectivity index (χ2v) is 6.43. The molecule has 0 amide bonds. The molecule has 0 bridgehead atoms. The minimum atomic E-state index is -0.0417. The van der Waals surface area contributed by atoms with E-state index in [4.69, 9.17) is 9.72 Å². The van der Waals surface area contributed by atoms with Crippen molar-refractivity contribution in [2.45, 2.75) is 6.04 Å². The maximum absolute atomic E-state index is 5.65. The topological polar surface area (TPSA) is 52.0 Å². The van der Waals surface area contributed by atoms with Crippen LogP contribution in [0.2, 0.25) is 0 Å². The smallest absolute Gasteiger partial charge is 0.209 e. The van der Waals surface area contributed by atoms with Crippen molar-refractivity contribution in [3.8, 4) is 5.75 Å². The van der Waals surface area contributed by atoms with Gasteiger partial charge in [-0.1, -0.05) is 30.3 Å². The fraction of sp³-hybridized carbons (Fsp3) is 0.0909. The maximum atomic E-state index is 5.65. The van der Waals surface area contributed by atoms with Crippen LogP contribution in [0.15, 0.2) is 79.1 Å². The van der Waals surface area contributed by atoms with Gasteiger partial charge in [0.25, 0.3) is 0 Å². The SMILES string of the molecule is COc1ccccc1C1C=C(c2cccnc2)Nc2nc3ccccc3n21. The van der Waals surface area contributed by atoms with Gasteiger partial charge in [0.1, 0.15) is 5.75 Å². The number of rotatable bonds is 3. The molecule has 2 aromatic carbocycles. The van der Waals surface area contributed by atoms with Crippen molar-refractivity contribution >= 4 is 22.7 Å². The summed E-state index contributed by atoms with van der Waals surface area (Å²) in [6.07, 6.45) is 5.84. The molecular weight excluding hydrogens is 336 g/mol. The zero-order chi connectivity index (χ0) is 18.2. The molecule has 1 aliphatic rings. The van der Waals surface area contributed by atoms with Crippen molar-refractivity contribution in [2.24, 2.45) is 0 Å². The first-order chi connectivity index (χ1) is 13.3. The number of anilines is 1. The van der Waals surface area contributed by atoms with Gasteiger partial charge in [-0.15, -0.1) is 0 Å². The van der Waals surface area contributed by atoms with Crippen molar-refractivity contribution in [1.82, 2.24) is 14.5 Å². The van der Waals surface area contributed by atoms with Crippen molar-refractivity contribution in [2.75, 3.05) is 12.4 Å². The zero-order valence-electron chi connectivity index (χ0n) is 14.8. The molecule has 2 aromatic heterocycles. The van der Waals surface area contributed by atoms with E-state index < -0.39 is 0 Å². The molecular formula is C22H18N4O. The van der Waals surface area contributed by atoms with E-state index in [9.17, 15) is 0 Å². The Morgan fingerprint density at radius 2 is 1.85 bits per heavy atom. The molecule has 0 radical (unpaired) electrons. The van der Waals surface area contributed by atoms with E-state index in [2.05, 4.69) is 33.1 Å². The summed E-state index contributed by atoms with van der Waals surface area (Å²) < 4.78 is 7.86. The summed E-state index contributed by atoms with van der Waals surface area (Å²) in [5.41, 5.74) is 5.14. The number of fused-ring (bicyclic) bond motifs is 3. The van der Waals surface area contributed by atoms with Crippen molar-refractivity contribution < 1.29 is 4.74 Å². The van der Waals surface area contributed by atoms with Crippen LogP contribution in [0.4, 0.5) is 5.95 Å². The quantitative estimate of drug-likeness (QED) is 0.589. The summed E-state index contributed by atoms with van der Waals surface area (Å²) in [5.74, 6) is 1.67. The molecule has 4 aromatic rings. The monoisotopic (exact) mass is 354 g/mol. The molecule has 27 heavy (non-hydrogen) atoms. The minimum absolute atomic E-state index is 0.0417. The Morgan fingerprint density at radius 1 is 1.00 bits per heavy atom. The van der Waals surface area contributed by atoms with Crippen LogP contribution in [0, 0.1) is 0 Å². The summed E-state index contributed by atoms with van der Waals surface area (Å²) in [4.78, 5) is 9.07. The van der Waals surface area contributed by atoms with Crippen LogP contribution < -0.4 is 10.1 Å². The third-order valence-electron chi connectivity index (χ3n) is 4.88. The van der Waals surface area contributed by atoms with Crippen LogP contribution in [-0.4, -0.2) is 21.6 Å². The third-order valence-corrected chi connectivity index (χ3v) is 4.88. The fourth-order valence-corrected chi connectivity index (χ4v) is 3.64. The first-order valence-electron chi connectivity index (χ1n) is 8.84. The fourth-order valence-electron chi connectivity index (χ4n) is 3.64. The number of imidazole rings is 1. The number of allylic oxidation sites excluding steroid dienone is 1. The average Bonchev–Trinajstić information content (AvgIpc) is 3.12. The van der Waals surface area contributed by atoms with E-state index in [-0.39, 0.29) is 6.04 Å². The lowest BCUT2D eigenvalue weighted by Crippen LogP contribution is -2.19. The highest BCUT2D eigenvalue weighted by atomic mass is 16.5. The lowest BCUT2D eigenvalue weighted by Gasteiger charge is -2.27. The van der Waals surface area contributed by atoms with Gasteiger partial charge in [0.05, 0.1) is 24.2 Å². The van der Waals surface area contributed by atoms with E-state index in [0.717, 1.165) is 39.6 Å². The number of para-hydroxylation sites is 3. The van der Waals surface area contributed by atoms with Crippen LogP contribution >= 0.6 is 0 Å². The zero-order valence-corrected chi connectivity index (χ0v) is 14.8. The highest BCUT2D eigenvalue weighted by Gasteiger charge is 2.27. The predicted octanol–water partition coefficient (Wildman–Crippen LogP) is 4.50. The molecule has 0 saturated heterocycles. The molecule has 0 spiro atoms. The van der Waals surface area contributed by atoms with Gasteiger partial charge in [-0.25, -0.2) is 4.98 Å². The molecule has 3 heterocycles. The van der Waals surface area contributed by atoms with Gasteiger partial charge >= 0.3 is 0 Å². The summed E-state index contributed by atoms with van der Waals surface area (Å²) in [7, 11) is 1.71. The summed E-state index contributed by atoms with van der Waals surface area (Å²) in [5, 5.41) is 3.47. The lowest BCUT2D eigenvalue weighted by atomic mass is 10.0. The van der Waals surface area contributed by atoms with Gasteiger partial charge in [-0.3, -0.25) is 9.55 Å². The van der Waals surface area contributed by atoms with E-state index in [1.807, 2.05) is 54.7 Å². The average molecular weight is 354 g/mol. The van der Waals surface area contributed by atoms with E-state index in [1.54, 1.807) is 13.3 Å². The van der Waals surface area contributed by atoms with Crippen molar-refractivity contribution in [3.05, 3.63) is 90.3 Å². The minimum Gasteiger partial charge on any atom is -0.496 e. The molecule has 1 N–H and O–H groups in total. The van der Waals surface area contributed by atoms with Crippen molar-refractivity contribution in [1.29, 1.82) is 0 Å². The normalized spacial score (nSPS) is 15.7. The molecule has 1 atom stereocenters. The van der Waals surface area contributed by atoms with Gasteiger partial charge in [-0.05, 0) is 36.4 Å². The number of hydrogen-bond acceptors (Lipinski definition) is 4. The van der Waals surface area contributed by atoms with Gasteiger partial charge in [0, 0.05) is 29.2 Å². The van der Waals surface area contributed by atoms with Crippen LogP contribution in [0.25, 0.3) is 16.7 Å². The van der Waals surface area contributed by atoms with E-state index in [1.165, 1.54) is 0 Å². The number of benzene rings is 2. The second-order valence-electron chi connectivity index (χ2n) is 6.43. The molecule has 132 valence electrons. The van der Waals surface area contributed by atoms with Gasteiger partial charge in [-0.2, -0.15) is 0 Å². The van der Waals surface area contributed by atoms with Crippen LogP contribution in [0.5, 0.6) is 5.75 Å². The summed E-state index contributed by atoms with van der Waals surface area (Å²) >= 11 is 0. The largest absolute Gasteiger partial charge is 0.496 e. The predicted molar refractivity (Wildman–Crippen MR) is 107 cm³/mol. The second kappa shape index (κ2) is 6.29. The maximum Gasteiger partial charge on any atom is 0.209 e. The summed E-state index contributed by atoms with van der Waals surface area (Å²) in [6, 6.07) is 20.2. The number of ether oxygens (including phenoxy) is 1. The van der Waals surface area contributed by atoms with Crippen LogP contribution in [0.3, 0.4) is 0 Å². The van der Waals surface area contributed by atoms with Gasteiger partial charge in [0.2, 0.25) is 5.95 Å². The highest BCUT2D eigenvalue weighted by Crippen LogP contribution is 2.39. The molecule has 0 saturated carbocycles. The number of hydrogen-bond donors (Lipinski definition) is 1. The molecule has 5 rings (SSSR count). The lowest BCUT2D eigenvalue weighted by molar-refractivity contribution is 0.406. The Balaban J connectivity index is 1.76. The highest BCUT2D eigenvalue weighted by molar-refractivity contribution is 5.85. The first-order valence-corrected chi connectivity index (χ1v) is 8.84. The van der Waals surface area contributed by atoms with Crippen LogP contribution in [0.1, 0.15) is 17.2 Å². The molecule has 5 heteroatoms. The molecule has 0 aliphatic carbocycles. The molecule has 1 aliphatic heterocycles. The standard InChI is InChI=1S/C22H18N4O/c1-27-21-11-5-2-8-16(21)20-13-18(15-7-6-12-23-14-15)25-22-24-17-9-3-4-10-19(17)26(20)22/h2-14,20H,1H3,(H,24,25). The Morgan fingerprint density at radius 3 is 2.70 bits per heavy atom. The number of methoxy groups -OCH3 is 1. The Hall–Kier alpha value is -3.60. The number of aromatic nitrogens is 3. The Labute approximate surface area is 157 Å². The van der Waals surface area contributed by atoms with Crippen molar-refractivity contribution in [3.63, 3.8) is 0 Å². The number of pyridine rings is 1. The Kier molecular flexibility index (Phi) is 3.64. The van der Waals surface area contributed by atoms with Gasteiger partial charge < -0.3 is 10.1 Å². The van der Waals surface area contributed by atoms with Gasteiger partial charge in [0.15, 0.2) is 0 Å². The Bertz CT molecular complexity index is 1150. The number of nitrogens with one attached hydrogen (secondary N) is 1. The molecule has 0 fully saturated rings.